The summed E-state index contributed by atoms with van der Waals surface area (Å²) in [6.45, 7) is 2.29. The number of ether oxygens (including phenoxy) is 2. The number of H-pyrrole nitrogens is 2. The van der Waals surface area contributed by atoms with Gasteiger partial charge in [0.25, 0.3) is 5.91 Å². The van der Waals surface area contributed by atoms with Crippen molar-refractivity contribution in [1.29, 1.82) is 0 Å². The number of likely N-dealkylation sites (tertiary alicyclic amines) is 1. The minimum absolute atomic E-state index is 0.314. The molecule has 15 heteroatoms. The molecule has 1 fully saturated rings. The number of primary amides is 1. The lowest BCUT2D eigenvalue weighted by Crippen LogP contribution is -2.41. The van der Waals surface area contributed by atoms with Crippen molar-refractivity contribution in [2.75, 3.05) is 13.7 Å². The summed E-state index contributed by atoms with van der Waals surface area (Å²) in [5.74, 6) is 0.415. The number of amides is 4. The van der Waals surface area contributed by atoms with E-state index in [1.807, 2.05) is 48.5 Å². The van der Waals surface area contributed by atoms with Crippen LogP contribution in [0.25, 0.3) is 33.8 Å². The molecule has 3 aromatic heterocycles. The largest absolute Gasteiger partial charge is 0.453 e. The fourth-order valence-electron chi connectivity index (χ4n) is 6.86. The first-order valence-electron chi connectivity index (χ1n) is 18.4. The minimum atomic E-state index is -1.15. The molecule has 0 aliphatic carbocycles. The quantitative estimate of drug-likeness (QED) is 0.0944. The molecule has 0 saturated carbocycles. The van der Waals surface area contributed by atoms with Gasteiger partial charge in [0.2, 0.25) is 12.0 Å². The van der Waals surface area contributed by atoms with E-state index < -0.39 is 36.3 Å². The Balaban J connectivity index is 0.990. The number of hydrogen-bond donors (Lipinski definition) is 5. The molecule has 3 aromatic carbocycles. The van der Waals surface area contributed by atoms with E-state index in [0.717, 1.165) is 40.2 Å². The van der Waals surface area contributed by atoms with Gasteiger partial charge in [0, 0.05) is 29.4 Å². The average molecular weight is 768 g/mol. The Hall–Kier alpha value is -7.29. The van der Waals surface area contributed by atoms with Gasteiger partial charge in [0.1, 0.15) is 17.7 Å². The number of aromatic nitrogens is 5. The maximum Gasteiger partial charge on any atom is 0.407 e. The highest BCUT2D eigenvalue weighted by molar-refractivity contribution is 5.87. The van der Waals surface area contributed by atoms with E-state index in [1.54, 1.807) is 78.9 Å². The van der Waals surface area contributed by atoms with Crippen molar-refractivity contribution in [3.63, 3.8) is 0 Å². The van der Waals surface area contributed by atoms with Crippen LogP contribution < -0.4 is 16.4 Å². The fourth-order valence-corrected chi connectivity index (χ4v) is 6.86. The SMILES string of the molecule is COC(=O)N[C@@H](C(=O)N[C@@H](C)c1ncc(-c2ccc(-c3ccc(-c4cnc([C@@H]5CCCN5C(=O)[C@H](OC(N)=O)c5ccccc5)[nH]4)cc3)nc2)[nH]1)c1ccccc1. The van der Waals surface area contributed by atoms with Gasteiger partial charge in [0.05, 0.1) is 48.7 Å². The van der Waals surface area contributed by atoms with Gasteiger partial charge < -0.3 is 40.7 Å². The number of methoxy groups -OCH3 is 1. The lowest BCUT2D eigenvalue weighted by molar-refractivity contribution is -0.141. The van der Waals surface area contributed by atoms with Crippen LogP contribution in [0.4, 0.5) is 9.59 Å². The first-order chi connectivity index (χ1) is 27.7. The van der Waals surface area contributed by atoms with E-state index in [2.05, 4.69) is 30.6 Å². The van der Waals surface area contributed by atoms with E-state index in [-0.39, 0.29) is 11.9 Å². The van der Waals surface area contributed by atoms with Gasteiger partial charge in [-0.3, -0.25) is 14.6 Å². The van der Waals surface area contributed by atoms with Crippen LogP contribution in [0.15, 0.2) is 116 Å². The van der Waals surface area contributed by atoms with Crippen LogP contribution in [0.1, 0.15) is 66.8 Å². The van der Waals surface area contributed by atoms with Crippen LogP contribution in [-0.2, 0) is 19.1 Å². The minimum Gasteiger partial charge on any atom is -0.453 e. The fraction of sp³-hybridized carbons (Fsp3) is 0.214. The molecule has 4 amide bonds. The molecule has 57 heavy (non-hydrogen) atoms. The van der Waals surface area contributed by atoms with Crippen LogP contribution in [0.5, 0.6) is 0 Å². The average Bonchev–Trinajstić information content (AvgIpc) is 4.04. The molecule has 1 aliphatic heterocycles. The first kappa shape index (κ1) is 38.0. The van der Waals surface area contributed by atoms with Gasteiger partial charge in [-0.1, -0.05) is 84.9 Å². The molecule has 0 spiro atoms. The van der Waals surface area contributed by atoms with Gasteiger partial charge in [-0.15, -0.1) is 0 Å². The Bertz CT molecular complexity index is 2330. The summed E-state index contributed by atoms with van der Waals surface area (Å²) in [4.78, 5) is 72.8. The van der Waals surface area contributed by atoms with Crippen molar-refractivity contribution in [3.05, 3.63) is 138 Å². The number of nitrogens with one attached hydrogen (secondary N) is 4. The van der Waals surface area contributed by atoms with E-state index in [0.29, 0.717) is 35.7 Å². The maximum absolute atomic E-state index is 13.7. The number of alkyl carbamates (subject to hydrolysis) is 1. The topological polar surface area (TPSA) is 210 Å². The molecule has 0 bridgehead atoms. The van der Waals surface area contributed by atoms with Gasteiger partial charge in [-0.25, -0.2) is 19.6 Å². The van der Waals surface area contributed by atoms with Gasteiger partial charge >= 0.3 is 12.2 Å². The molecule has 6 N–H and O–H groups in total. The van der Waals surface area contributed by atoms with Crippen molar-refractivity contribution in [2.24, 2.45) is 5.73 Å². The van der Waals surface area contributed by atoms with Gasteiger partial charge in [0.15, 0.2) is 0 Å². The number of carbonyl (C=O) groups excluding carboxylic acids is 4. The molecule has 4 heterocycles. The summed E-state index contributed by atoms with van der Waals surface area (Å²) in [5, 5.41) is 5.50. The number of aromatic amines is 2. The Morgan fingerprint density at radius 2 is 1.42 bits per heavy atom. The third kappa shape index (κ3) is 8.67. The van der Waals surface area contributed by atoms with Crippen molar-refractivity contribution in [1.82, 2.24) is 40.5 Å². The van der Waals surface area contributed by atoms with E-state index >= 15 is 0 Å². The number of pyridine rings is 1. The Labute approximate surface area is 328 Å². The molecule has 1 saturated heterocycles. The molecule has 0 unspecified atom stereocenters. The number of carbonyl (C=O) groups is 4. The van der Waals surface area contributed by atoms with Crippen molar-refractivity contribution in [2.45, 2.75) is 44.0 Å². The van der Waals surface area contributed by atoms with Crippen LogP contribution in [0.3, 0.4) is 0 Å². The van der Waals surface area contributed by atoms with Crippen LogP contribution >= 0.6 is 0 Å². The van der Waals surface area contributed by atoms with Gasteiger partial charge in [-0.05, 0) is 43.0 Å². The zero-order chi connectivity index (χ0) is 39.9. The Kier molecular flexibility index (Phi) is 11.3. The maximum atomic E-state index is 13.7. The van der Waals surface area contributed by atoms with Crippen LogP contribution in [0, 0.1) is 0 Å². The Morgan fingerprint density at radius 1 is 0.772 bits per heavy atom. The molecular weight excluding hydrogens is 727 g/mol. The molecule has 0 radical (unpaired) electrons. The van der Waals surface area contributed by atoms with Crippen molar-refractivity contribution < 1.29 is 28.7 Å². The highest BCUT2D eigenvalue weighted by Crippen LogP contribution is 2.35. The van der Waals surface area contributed by atoms with Crippen molar-refractivity contribution >= 4 is 24.0 Å². The second kappa shape index (κ2) is 17.0. The number of imidazole rings is 2. The molecule has 6 aromatic rings. The zero-order valence-corrected chi connectivity index (χ0v) is 31.2. The highest BCUT2D eigenvalue weighted by Gasteiger charge is 2.38. The van der Waals surface area contributed by atoms with E-state index in [9.17, 15) is 19.2 Å². The number of nitrogens with zero attached hydrogens (tertiary/aromatic N) is 4. The van der Waals surface area contributed by atoms with E-state index in [1.165, 1.54) is 7.11 Å². The molecule has 290 valence electrons. The third-order valence-electron chi connectivity index (χ3n) is 9.78. The number of nitrogens with two attached hydrogens (primary N) is 1. The zero-order valence-electron chi connectivity index (χ0n) is 31.2. The molecule has 4 atom stereocenters. The van der Waals surface area contributed by atoms with Crippen LogP contribution in [-0.4, -0.2) is 67.5 Å². The summed E-state index contributed by atoms with van der Waals surface area (Å²) in [7, 11) is 1.24. The molecule has 7 rings (SSSR count). The van der Waals surface area contributed by atoms with Crippen LogP contribution in [0.2, 0.25) is 0 Å². The van der Waals surface area contributed by atoms with Crippen molar-refractivity contribution in [3.8, 4) is 33.8 Å². The molecule has 1 aliphatic rings. The summed E-state index contributed by atoms with van der Waals surface area (Å²) in [5.41, 5.74) is 11.4. The lowest BCUT2D eigenvalue weighted by atomic mass is 10.1. The third-order valence-corrected chi connectivity index (χ3v) is 9.78. The number of rotatable bonds is 12. The standard InChI is InChI=1S/C42H41N9O6/c1-25(47-39(52)35(50-42(55)56-2)28-10-5-3-6-11-28)37-45-24-33(48-37)30-19-20-31(44-22-30)26-15-17-27(18-16-26)32-23-46-38(49-32)34-14-9-21-51(34)40(53)36(57-41(43)54)29-12-7-4-8-13-29/h3-8,10-13,15-20,22-25,34-36H,9,14,21H2,1-2H3,(H2,43,54)(H,45,48)(H,46,49)(H,47,52)(H,50,55)/t25-,34-,35+,36+/m0/s1. The normalized spacial score (nSPS) is 15.3. The van der Waals surface area contributed by atoms with Gasteiger partial charge in [-0.2, -0.15) is 0 Å². The second-order valence-electron chi connectivity index (χ2n) is 13.5. The predicted molar refractivity (Wildman–Crippen MR) is 210 cm³/mol. The van der Waals surface area contributed by atoms with E-state index in [4.69, 9.17) is 20.2 Å². The predicted octanol–water partition coefficient (Wildman–Crippen LogP) is 6.30. The summed E-state index contributed by atoms with van der Waals surface area (Å²) in [6, 6.07) is 27.7. The molecular formula is C42H41N9O6. The number of hydrogen-bond acceptors (Lipinski definition) is 9. The lowest BCUT2D eigenvalue weighted by Gasteiger charge is -2.27. The summed E-state index contributed by atoms with van der Waals surface area (Å²) in [6.07, 6.45) is 3.78. The Morgan fingerprint density at radius 3 is 2.09 bits per heavy atom. The smallest absolute Gasteiger partial charge is 0.407 e. The molecule has 15 nitrogen and oxygen atoms in total. The summed E-state index contributed by atoms with van der Waals surface area (Å²) < 4.78 is 10.0. The summed E-state index contributed by atoms with van der Waals surface area (Å²) >= 11 is 0. The number of benzene rings is 3. The monoisotopic (exact) mass is 767 g/mol. The highest BCUT2D eigenvalue weighted by atomic mass is 16.6. The second-order valence-corrected chi connectivity index (χ2v) is 13.5. The first-order valence-corrected chi connectivity index (χ1v) is 18.4.